The molecule has 9 nitrogen and oxygen atoms in total. The number of phenolic OH excluding ortho intramolecular Hbond substituents is 1. The number of anilines is 2. The average molecular weight is 606 g/mol. The van der Waals surface area contributed by atoms with E-state index in [4.69, 9.17) is 4.74 Å². The van der Waals surface area contributed by atoms with E-state index in [1.165, 1.54) is 30.3 Å². The number of amides is 2. The lowest BCUT2D eigenvalue weighted by Crippen LogP contribution is -2.36. The van der Waals surface area contributed by atoms with Gasteiger partial charge in [0, 0.05) is 67.4 Å². The first kappa shape index (κ1) is 28.4. The first-order chi connectivity index (χ1) is 21.7. The molecule has 5 heterocycles. The van der Waals surface area contributed by atoms with Crippen molar-refractivity contribution in [2.75, 3.05) is 18.1 Å². The van der Waals surface area contributed by atoms with Crippen molar-refractivity contribution in [2.24, 2.45) is 14.1 Å². The van der Waals surface area contributed by atoms with Crippen LogP contribution < -0.4 is 9.64 Å². The molecule has 3 aliphatic heterocycles. The fourth-order valence-corrected chi connectivity index (χ4v) is 6.42. The third-order valence-electron chi connectivity index (χ3n) is 8.95. The largest absolute Gasteiger partial charge is 0.508 e. The molecule has 0 saturated heterocycles. The van der Waals surface area contributed by atoms with Gasteiger partial charge in [0.05, 0.1) is 29.7 Å². The van der Waals surface area contributed by atoms with E-state index in [0.717, 1.165) is 22.6 Å². The highest BCUT2D eigenvalue weighted by Crippen LogP contribution is 2.37. The summed E-state index contributed by atoms with van der Waals surface area (Å²) in [5.41, 5.74) is 6.33. The molecule has 3 aliphatic rings. The molecule has 8 rings (SSSR count). The maximum atomic E-state index is 14.8. The number of ether oxygens (including phenoxy) is 1. The van der Waals surface area contributed by atoms with Gasteiger partial charge in [0.2, 0.25) is 0 Å². The van der Waals surface area contributed by atoms with Crippen molar-refractivity contribution >= 4 is 23.2 Å². The Morgan fingerprint density at radius 3 is 2.51 bits per heavy atom. The summed E-state index contributed by atoms with van der Waals surface area (Å²) in [6.45, 7) is 3.07. The van der Waals surface area contributed by atoms with Crippen molar-refractivity contribution in [3.63, 3.8) is 0 Å². The molecule has 0 saturated carbocycles. The quantitative estimate of drug-likeness (QED) is 0.265. The average Bonchev–Trinajstić information content (AvgIpc) is 3.55. The number of aryl methyl sites for hydroxylation is 1. The van der Waals surface area contributed by atoms with Gasteiger partial charge in [0.1, 0.15) is 17.3 Å². The molecule has 6 bridgehead atoms. The number of fused-ring (bicyclic) bond motifs is 4. The minimum atomic E-state index is -0.480. The number of rotatable bonds is 1. The lowest BCUT2D eigenvalue weighted by atomic mass is 9.96. The SMILES string of the molecule is Cc1c2cc(n1C)-c1cc(F)ccc1C(=O)N1CCc3c(cccc3OCCc3c(cnn3C)N(c3ccc(O)cc3)C2=O)C1. The van der Waals surface area contributed by atoms with Crippen molar-refractivity contribution in [1.82, 2.24) is 19.2 Å². The Morgan fingerprint density at radius 1 is 0.911 bits per heavy atom. The minimum Gasteiger partial charge on any atom is -0.508 e. The number of phenols is 1. The number of carbonyl (C=O) groups is 2. The molecule has 0 atom stereocenters. The molecule has 0 fully saturated rings. The van der Waals surface area contributed by atoms with E-state index in [1.807, 2.05) is 36.7 Å². The van der Waals surface area contributed by atoms with Crippen LogP contribution in [0.5, 0.6) is 11.5 Å². The normalized spacial score (nSPS) is 14.9. The molecule has 0 unspecified atom stereocenters. The van der Waals surface area contributed by atoms with Crippen molar-refractivity contribution in [1.29, 1.82) is 0 Å². The second kappa shape index (κ2) is 11.0. The van der Waals surface area contributed by atoms with Gasteiger partial charge in [0.25, 0.3) is 11.8 Å². The number of hydrogen-bond donors (Lipinski definition) is 1. The molecule has 0 aliphatic carbocycles. The number of nitrogens with zero attached hydrogens (tertiary/aromatic N) is 5. The smallest absolute Gasteiger partial charge is 0.264 e. The van der Waals surface area contributed by atoms with Crippen molar-refractivity contribution in [3.05, 3.63) is 112 Å². The van der Waals surface area contributed by atoms with Crippen LogP contribution in [0.2, 0.25) is 0 Å². The van der Waals surface area contributed by atoms with E-state index in [1.54, 1.807) is 45.9 Å². The van der Waals surface area contributed by atoms with Crippen molar-refractivity contribution < 1.29 is 23.8 Å². The van der Waals surface area contributed by atoms with Crippen LogP contribution in [0.3, 0.4) is 0 Å². The minimum absolute atomic E-state index is 0.0717. The molecule has 0 radical (unpaired) electrons. The van der Waals surface area contributed by atoms with Crippen molar-refractivity contribution in [3.8, 4) is 22.8 Å². The summed E-state index contributed by atoms with van der Waals surface area (Å²) < 4.78 is 24.7. The number of hydrogen-bond acceptors (Lipinski definition) is 5. The van der Waals surface area contributed by atoms with Crippen LogP contribution in [0.1, 0.15) is 43.2 Å². The predicted molar refractivity (Wildman–Crippen MR) is 167 cm³/mol. The molecular formula is C35H32FN5O4. The van der Waals surface area contributed by atoms with Crippen molar-refractivity contribution in [2.45, 2.75) is 26.3 Å². The molecule has 2 aromatic heterocycles. The number of halogens is 1. The third kappa shape index (κ3) is 4.82. The Labute approximate surface area is 259 Å². The fourth-order valence-electron chi connectivity index (χ4n) is 6.42. The predicted octanol–water partition coefficient (Wildman–Crippen LogP) is 5.69. The van der Waals surface area contributed by atoms with Crippen LogP contribution in [-0.2, 0) is 33.5 Å². The molecule has 0 spiro atoms. The van der Waals surface area contributed by atoms with Gasteiger partial charge in [-0.15, -0.1) is 0 Å². The van der Waals surface area contributed by atoms with Crippen LogP contribution in [0, 0.1) is 12.7 Å². The van der Waals surface area contributed by atoms with E-state index in [0.29, 0.717) is 72.0 Å². The lowest BCUT2D eigenvalue weighted by Gasteiger charge is -2.30. The molecule has 10 heteroatoms. The van der Waals surface area contributed by atoms with Crippen LogP contribution in [0.15, 0.2) is 72.9 Å². The monoisotopic (exact) mass is 605 g/mol. The van der Waals surface area contributed by atoms with Gasteiger partial charge in [-0.05, 0) is 73.5 Å². The molecule has 5 aromatic rings. The highest BCUT2D eigenvalue weighted by atomic mass is 19.1. The van der Waals surface area contributed by atoms with Gasteiger partial charge >= 0.3 is 0 Å². The summed E-state index contributed by atoms with van der Waals surface area (Å²) in [5, 5.41) is 14.5. The Balaban J connectivity index is 1.45. The van der Waals surface area contributed by atoms with Crippen LogP contribution in [0.25, 0.3) is 11.3 Å². The topological polar surface area (TPSA) is 92.8 Å². The number of carbonyl (C=O) groups excluding carboxylic acids is 2. The Bertz CT molecular complexity index is 1980. The lowest BCUT2D eigenvalue weighted by molar-refractivity contribution is 0.0734. The van der Waals surface area contributed by atoms with Gasteiger partial charge in [-0.1, -0.05) is 12.1 Å². The highest BCUT2D eigenvalue weighted by Gasteiger charge is 2.31. The Morgan fingerprint density at radius 2 is 1.71 bits per heavy atom. The van der Waals surface area contributed by atoms with Gasteiger partial charge in [-0.2, -0.15) is 5.10 Å². The molecule has 45 heavy (non-hydrogen) atoms. The zero-order valence-corrected chi connectivity index (χ0v) is 25.2. The summed E-state index contributed by atoms with van der Waals surface area (Å²) in [7, 11) is 3.64. The van der Waals surface area contributed by atoms with Crippen LogP contribution >= 0.6 is 0 Å². The number of benzene rings is 3. The molecular weight excluding hydrogens is 573 g/mol. The Hall–Kier alpha value is -5.38. The zero-order valence-electron chi connectivity index (χ0n) is 25.2. The molecule has 1 N–H and O–H groups in total. The summed E-state index contributed by atoms with van der Waals surface area (Å²) in [5.74, 6) is -0.183. The molecule has 3 aromatic carbocycles. The summed E-state index contributed by atoms with van der Waals surface area (Å²) in [6, 6.07) is 18.2. The van der Waals surface area contributed by atoms with E-state index < -0.39 is 5.82 Å². The van der Waals surface area contributed by atoms with Gasteiger partial charge in [0.15, 0.2) is 0 Å². The fraction of sp³-hybridized carbons (Fsp3) is 0.229. The van der Waals surface area contributed by atoms with E-state index in [9.17, 15) is 19.1 Å². The third-order valence-corrected chi connectivity index (χ3v) is 8.95. The summed E-state index contributed by atoms with van der Waals surface area (Å²) in [6.07, 6.45) is 2.74. The molecule has 2 amide bonds. The number of aromatic nitrogens is 3. The van der Waals surface area contributed by atoms with Gasteiger partial charge in [-0.25, -0.2) is 4.39 Å². The van der Waals surface area contributed by atoms with Crippen LogP contribution in [-0.4, -0.2) is 49.3 Å². The first-order valence-corrected chi connectivity index (χ1v) is 14.8. The van der Waals surface area contributed by atoms with E-state index >= 15 is 0 Å². The maximum Gasteiger partial charge on any atom is 0.264 e. The summed E-state index contributed by atoms with van der Waals surface area (Å²) >= 11 is 0. The van der Waals surface area contributed by atoms with Gasteiger partial charge < -0.3 is 19.3 Å². The highest BCUT2D eigenvalue weighted by molar-refractivity contribution is 6.13. The second-order valence-corrected chi connectivity index (χ2v) is 11.5. The maximum absolute atomic E-state index is 14.8. The van der Waals surface area contributed by atoms with E-state index in [2.05, 4.69) is 5.10 Å². The number of aromatic hydroxyl groups is 1. The summed E-state index contributed by atoms with van der Waals surface area (Å²) in [4.78, 5) is 32.0. The zero-order chi connectivity index (χ0) is 31.4. The van der Waals surface area contributed by atoms with Crippen LogP contribution in [0.4, 0.5) is 15.8 Å². The standard InChI is InChI=1S/C35H32FN5O4/c1-21-28-18-31(38(21)2)29-17-23(36)7-12-27(29)34(43)40-15-13-26-22(20-40)5-4-6-33(26)45-16-14-30-32(19-37-39(30)3)41(35(28)44)24-8-10-25(42)11-9-24/h4-12,17-19,42H,13-16,20H2,1-3H3. The second-order valence-electron chi connectivity index (χ2n) is 11.5. The van der Waals surface area contributed by atoms with E-state index in [-0.39, 0.29) is 17.6 Å². The van der Waals surface area contributed by atoms with Gasteiger partial charge in [-0.3, -0.25) is 19.2 Å². The first-order valence-electron chi connectivity index (χ1n) is 14.8. The molecule has 228 valence electrons. The Kier molecular flexibility index (Phi) is 6.92.